The number of methoxy groups -OCH3 is 1. The number of aliphatic hydroxyl groups excluding tert-OH is 4. The molecule has 5 atom stereocenters. The highest BCUT2D eigenvalue weighted by Gasteiger charge is 2.43. The van der Waals surface area contributed by atoms with E-state index >= 15 is 0 Å². The van der Waals surface area contributed by atoms with Gasteiger partial charge in [-0.1, -0.05) is 53.7 Å². The molecule has 32 heavy (non-hydrogen) atoms. The maximum Gasteiger partial charge on any atom is 0.171 e. The number of nitrogens with zero attached hydrogens (tertiary/aromatic N) is 2. The zero-order valence-corrected chi connectivity index (χ0v) is 18.6. The Morgan fingerprint density at radius 3 is 2.41 bits per heavy atom. The molecule has 9 heteroatoms. The Kier molecular flexibility index (Phi) is 6.85. The van der Waals surface area contributed by atoms with Crippen molar-refractivity contribution in [3.8, 4) is 5.75 Å². The molecule has 2 aliphatic rings. The number of nitrogens with one attached hydrogen (secondary N) is 1. The van der Waals surface area contributed by atoms with Gasteiger partial charge in [-0.2, -0.15) is 0 Å². The van der Waals surface area contributed by atoms with E-state index in [-0.39, 0.29) is 0 Å². The van der Waals surface area contributed by atoms with E-state index in [0.717, 1.165) is 28.1 Å². The van der Waals surface area contributed by atoms with Crippen LogP contribution >= 0.6 is 11.8 Å². The molecule has 5 N–H and O–H groups in total. The quantitative estimate of drug-likeness (QED) is 0.424. The molecular formula is C23H27N3O5S. The van der Waals surface area contributed by atoms with Crippen LogP contribution in [0.1, 0.15) is 22.9 Å². The number of ether oxygens (including phenoxy) is 1. The van der Waals surface area contributed by atoms with E-state index in [9.17, 15) is 20.4 Å². The summed E-state index contributed by atoms with van der Waals surface area (Å²) in [5, 5.41) is 46.6. The van der Waals surface area contributed by atoms with Gasteiger partial charge in [0.25, 0.3) is 0 Å². The number of aliphatic hydroxyl groups is 4. The van der Waals surface area contributed by atoms with Crippen molar-refractivity contribution in [1.82, 2.24) is 10.2 Å². The van der Waals surface area contributed by atoms with E-state index in [4.69, 9.17) is 9.73 Å². The number of benzene rings is 2. The van der Waals surface area contributed by atoms with Gasteiger partial charge in [-0.15, -0.1) is 0 Å². The summed E-state index contributed by atoms with van der Waals surface area (Å²) < 4.78 is 5.23. The van der Waals surface area contributed by atoms with Crippen molar-refractivity contribution in [2.75, 3.05) is 13.7 Å². The Balaban J connectivity index is 1.70. The molecule has 0 amide bonds. The fourth-order valence-corrected chi connectivity index (χ4v) is 4.69. The van der Waals surface area contributed by atoms with E-state index in [1.807, 2.05) is 65.8 Å². The lowest BCUT2D eigenvalue weighted by Gasteiger charge is -2.42. The molecule has 0 saturated carbocycles. The van der Waals surface area contributed by atoms with Gasteiger partial charge in [0.1, 0.15) is 36.4 Å². The molecule has 8 nitrogen and oxygen atoms in total. The van der Waals surface area contributed by atoms with Gasteiger partial charge in [0, 0.05) is 5.41 Å². The standard InChI is InChI=1S/C23H27N3O5S/c1-13-3-5-14(6-4-13)17-12-32-23-25-21(15-7-9-16(31-2)10-8-15)24-22(26(17)23)20(30)19(29)18(28)11-27/h3-10,12,18-22,24,27-30H,11H2,1-2H3/t18-,19-,20+,21-,22+/m1/s1. The number of hydrogen-bond donors (Lipinski definition) is 5. The molecule has 2 heterocycles. The second kappa shape index (κ2) is 9.62. The molecule has 0 fully saturated rings. The van der Waals surface area contributed by atoms with Gasteiger partial charge in [0.2, 0.25) is 0 Å². The molecule has 0 unspecified atom stereocenters. The highest BCUT2D eigenvalue weighted by Crippen LogP contribution is 2.40. The van der Waals surface area contributed by atoms with Crippen molar-refractivity contribution in [3.63, 3.8) is 0 Å². The number of rotatable bonds is 7. The van der Waals surface area contributed by atoms with Gasteiger partial charge in [0.15, 0.2) is 5.17 Å². The summed E-state index contributed by atoms with van der Waals surface area (Å²) in [5.74, 6) is 0.718. The molecule has 2 aromatic carbocycles. The summed E-state index contributed by atoms with van der Waals surface area (Å²) in [4.78, 5) is 6.64. The van der Waals surface area contributed by atoms with Crippen LogP contribution in [0.25, 0.3) is 5.70 Å². The first-order valence-corrected chi connectivity index (χ1v) is 11.2. The van der Waals surface area contributed by atoms with Crippen LogP contribution in [0.5, 0.6) is 5.75 Å². The Morgan fingerprint density at radius 2 is 1.78 bits per heavy atom. The van der Waals surface area contributed by atoms with Gasteiger partial charge < -0.3 is 30.1 Å². The summed E-state index contributed by atoms with van der Waals surface area (Å²) in [6, 6.07) is 15.4. The van der Waals surface area contributed by atoms with Crippen LogP contribution in [0, 0.1) is 6.92 Å². The molecule has 2 aromatic rings. The maximum absolute atomic E-state index is 11.0. The van der Waals surface area contributed by atoms with Crippen molar-refractivity contribution in [3.05, 3.63) is 70.6 Å². The lowest BCUT2D eigenvalue weighted by atomic mass is 10.0. The van der Waals surface area contributed by atoms with E-state index in [1.54, 1.807) is 7.11 Å². The van der Waals surface area contributed by atoms with E-state index in [1.165, 1.54) is 11.8 Å². The molecule has 170 valence electrons. The summed E-state index contributed by atoms with van der Waals surface area (Å²) >= 11 is 1.43. The monoisotopic (exact) mass is 457 g/mol. The zero-order valence-electron chi connectivity index (χ0n) is 17.8. The third-order valence-corrected chi connectivity index (χ3v) is 6.48. The van der Waals surface area contributed by atoms with E-state index in [2.05, 4.69) is 5.32 Å². The second-order valence-corrected chi connectivity index (χ2v) is 8.62. The number of hydrogen-bond acceptors (Lipinski definition) is 9. The first kappa shape index (κ1) is 22.8. The third kappa shape index (κ3) is 4.40. The normalized spacial score (nSPS) is 23.1. The maximum atomic E-state index is 11.0. The van der Waals surface area contributed by atoms with Gasteiger partial charge in [0.05, 0.1) is 19.4 Å². The highest BCUT2D eigenvalue weighted by molar-refractivity contribution is 8.16. The lowest BCUT2D eigenvalue weighted by molar-refractivity contribution is -0.0988. The molecule has 0 radical (unpaired) electrons. The first-order chi connectivity index (χ1) is 15.4. The molecule has 0 aromatic heterocycles. The van der Waals surface area contributed by atoms with Crippen LogP contribution in [0.4, 0.5) is 0 Å². The van der Waals surface area contributed by atoms with Crippen LogP contribution in [-0.2, 0) is 0 Å². The zero-order chi connectivity index (χ0) is 22.8. The summed E-state index contributed by atoms with van der Waals surface area (Å²) in [6.07, 6.45) is -5.72. The molecule has 0 bridgehead atoms. The van der Waals surface area contributed by atoms with E-state index < -0.39 is 37.3 Å². The first-order valence-electron chi connectivity index (χ1n) is 10.3. The summed E-state index contributed by atoms with van der Waals surface area (Å²) in [5.41, 5.74) is 3.75. The van der Waals surface area contributed by atoms with Crippen LogP contribution in [0.2, 0.25) is 0 Å². The minimum absolute atomic E-state index is 0.483. The minimum atomic E-state index is -1.56. The number of amidine groups is 1. The summed E-state index contributed by atoms with van der Waals surface area (Å²) in [6.45, 7) is 1.35. The average molecular weight is 458 g/mol. The number of aryl methyl sites for hydroxylation is 1. The fraction of sp³-hybridized carbons (Fsp3) is 0.348. The van der Waals surface area contributed by atoms with Crippen LogP contribution < -0.4 is 10.1 Å². The summed E-state index contributed by atoms with van der Waals surface area (Å²) in [7, 11) is 1.60. The highest BCUT2D eigenvalue weighted by atomic mass is 32.2. The minimum Gasteiger partial charge on any atom is -0.497 e. The predicted molar refractivity (Wildman–Crippen MR) is 124 cm³/mol. The van der Waals surface area contributed by atoms with Crippen LogP contribution in [0.3, 0.4) is 0 Å². The van der Waals surface area contributed by atoms with Crippen molar-refractivity contribution < 1.29 is 25.2 Å². The van der Waals surface area contributed by atoms with Gasteiger partial charge in [-0.25, -0.2) is 4.99 Å². The smallest absolute Gasteiger partial charge is 0.171 e. The van der Waals surface area contributed by atoms with Crippen LogP contribution in [-0.4, -0.2) is 68.7 Å². The molecule has 2 aliphatic heterocycles. The second-order valence-electron chi connectivity index (χ2n) is 7.79. The Bertz CT molecular complexity index is 996. The van der Waals surface area contributed by atoms with Crippen molar-refractivity contribution in [2.45, 2.75) is 37.6 Å². The number of fused-ring (bicyclic) bond motifs is 1. The Hall–Kier alpha value is -2.40. The SMILES string of the molecule is COc1ccc([C@H]2N=C3SC=C(c4ccc(C)cc4)N3[C@@H]([C@@H](O)[C@H](O)[C@H](O)CO)N2)cc1. The van der Waals surface area contributed by atoms with Crippen molar-refractivity contribution in [2.24, 2.45) is 4.99 Å². The Morgan fingerprint density at radius 1 is 1.09 bits per heavy atom. The van der Waals surface area contributed by atoms with E-state index in [0.29, 0.717) is 5.17 Å². The molecule has 0 spiro atoms. The number of aliphatic imine (C=N–C) groups is 1. The van der Waals surface area contributed by atoms with Gasteiger partial charge in [-0.05, 0) is 30.2 Å². The predicted octanol–water partition coefficient (Wildman–Crippen LogP) is 1.41. The van der Waals surface area contributed by atoms with Gasteiger partial charge >= 0.3 is 0 Å². The van der Waals surface area contributed by atoms with Gasteiger partial charge in [-0.3, -0.25) is 5.32 Å². The lowest BCUT2D eigenvalue weighted by Crippen LogP contribution is -2.61. The topological polar surface area (TPSA) is 118 Å². The third-order valence-electron chi connectivity index (χ3n) is 5.62. The van der Waals surface area contributed by atoms with Crippen molar-refractivity contribution in [1.29, 1.82) is 0 Å². The molecule has 4 rings (SSSR count). The largest absolute Gasteiger partial charge is 0.497 e. The molecular weight excluding hydrogens is 430 g/mol. The average Bonchev–Trinajstić information content (AvgIpc) is 3.26. The molecule has 0 saturated heterocycles. The number of thioether (sulfide) groups is 1. The molecule has 0 aliphatic carbocycles. The van der Waals surface area contributed by atoms with Crippen LogP contribution in [0.15, 0.2) is 58.9 Å². The Labute approximate surface area is 190 Å². The fourth-order valence-electron chi connectivity index (χ4n) is 3.73. The van der Waals surface area contributed by atoms with Crippen molar-refractivity contribution >= 4 is 22.6 Å².